The van der Waals surface area contributed by atoms with Gasteiger partial charge >= 0.3 is 0 Å². The average Bonchev–Trinajstić information content (AvgIpc) is 2.68. The Morgan fingerprint density at radius 2 is 1.85 bits per heavy atom. The number of anilines is 3. The third-order valence-corrected chi connectivity index (χ3v) is 4.19. The molecule has 3 aromatic rings. The number of rotatable bonds is 7. The van der Waals surface area contributed by atoms with Crippen LogP contribution >= 0.6 is 0 Å². The fraction of sp³-hybridized carbons (Fsp3) is 0.250. The third kappa shape index (κ3) is 4.08. The molecular weight excluding hydrogens is 326 g/mol. The van der Waals surface area contributed by atoms with Crippen LogP contribution in [0.15, 0.2) is 48.7 Å². The Labute approximate surface area is 153 Å². The minimum absolute atomic E-state index is 0.471. The monoisotopic (exact) mass is 349 g/mol. The summed E-state index contributed by atoms with van der Waals surface area (Å²) in [5.74, 6) is 1.96. The molecule has 26 heavy (non-hydrogen) atoms. The van der Waals surface area contributed by atoms with Gasteiger partial charge in [0.2, 0.25) is 5.95 Å². The third-order valence-electron chi connectivity index (χ3n) is 4.19. The van der Waals surface area contributed by atoms with Crippen LogP contribution in [0.3, 0.4) is 0 Å². The van der Waals surface area contributed by atoms with Gasteiger partial charge in [-0.3, -0.25) is 0 Å². The second-order valence-electron chi connectivity index (χ2n) is 5.92. The first-order chi connectivity index (χ1) is 12.7. The SMILES string of the molecule is CCc1cccc(C)c1Nc1nncc(NCc2ccccc2OC)n1. The van der Waals surface area contributed by atoms with Crippen LogP contribution in [0.4, 0.5) is 17.5 Å². The van der Waals surface area contributed by atoms with Crippen molar-refractivity contribution in [1.82, 2.24) is 15.2 Å². The Balaban J connectivity index is 1.75. The lowest BCUT2D eigenvalue weighted by Crippen LogP contribution is -2.07. The molecule has 6 heteroatoms. The predicted molar refractivity (Wildman–Crippen MR) is 104 cm³/mol. The molecule has 1 aromatic heterocycles. The number of ether oxygens (including phenoxy) is 1. The number of hydrogen-bond acceptors (Lipinski definition) is 6. The maximum Gasteiger partial charge on any atom is 0.249 e. The molecule has 0 aliphatic carbocycles. The molecule has 0 aliphatic rings. The molecule has 0 unspecified atom stereocenters. The first kappa shape index (κ1) is 17.7. The van der Waals surface area contributed by atoms with E-state index < -0.39 is 0 Å². The summed E-state index contributed by atoms with van der Waals surface area (Å²) in [4.78, 5) is 4.52. The summed E-state index contributed by atoms with van der Waals surface area (Å²) in [5, 5.41) is 14.7. The van der Waals surface area contributed by atoms with Crippen LogP contribution in [0.25, 0.3) is 0 Å². The summed E-state index contributed by atoms with van der Waals surface area (Å²) in [6.45, 7) is 4.79. The molecule has 0 radical (unpaired) electrons. The van der Waals surface area contributed by atoms with E-state index in [1.165, 1.54) is 5.56 Å². The molecule has 0 fully saturated rings. The summed E-state index contributed by atoms with van der Waals surface area (Å²) < 4.78 is 5.37. The molecule has 0 saturated carbocycles. The van der Waals surface area contributed by atoms with E-state index in [0.717, 1.165) is 29.0 Å². The van der Waals surface area contributed by atoms with Gasteiger partial charge in [-0.15, -0.1) is 5.10 Å². The van der Waals surface area contributed by atoms with Gasteiger partial charge in [0.15, 0.2) is 5.82 Å². The molecular formula is C20H23N5O. The van der Waals surface area contributed by atoms with E-state index in [4.69, 9.17) is 4.74 Å². The van der Waals surface area contributed by atoms with Crippen molar-refractivity contribution in [3.63, 3.8) is 0 Å². The van der Waals surface area contributed by atoms with E-state index >= 15 is 0 Å². The van der Waals surface area contributed by atoms with Crippen LogP contribution in [0.2, 0.25) is 0 Å². The second kappa shape index (κ2) is 8.29. The predicted octanol–water partition coefficient (Wildman–Crippen LogP) is 4.11. The molecule has 0 amide bonds. The zero-order valence-electron chi connectivity index (χ0n) is 15.3. The van der Waals surface area contributed by atoms with E-state index in [9.17, 15) is 0 Å². The van der Waals surface area contributed by atoms with Crippen molar-refractivity contribution in [1.29, 1.82) is 0 Å². The molecule has 0 bridgehead atoms. The summed E-state index contributed by atoms with van der Waals surface area (Å²) in [6.07, 6.45) is 2.54. The average molecular weight is 349 g/mol. The molecule has 2 N–H and O–H groups in total. The number of para-hydroxylation sites is 2. The fourth-order valence-corrected chi connectivity index (χ4v) is 2.79. The first-order valence-corrected chi connectivity index (χ1v) is 8.62. The Bertz CT molecular complexity index is 882. The summed E-state index contributed by atoms with van der Waals surface area (Å²) in [5.41, 5.74) is 4.47. The van der Waals surface area contributed by atoms with Gasteiger partial charge in [-0.2, -0.15) is 10.1 Å². The molecule has 0 aliphatic heterocycles. The molecule has 2 aromatic carbocycles. The largest absolute Gasteiger partial charge is 0.496 e. The highest BCUT2D eigenvalue weighted by Gasteiger charge is 2.08. The lowest BCUT2D eigenvalue weighted by molar-refractivity contribution is 0.410. The highest BCUT2D eigenvalue weighted by Crippen LogP contribution is 2.24. The zero-order chi connectivity index (χ0) is 18.4. The van der Waals surface area contributed by atoms with Crippen molar-refractivity contribution in [2.45, 2.75) is 26.8 Å². The zero-order valence-corrected chi connectivity index (χ0v) is 15.3. The smallest absolute Gasteiger partial charge is 0.249 e. The van der Waals surface area contributed by atoms with E-state index in [1.807, 2.05) is 24.3 Å². The maximum atomic E-state index is 5.37. The van der Waals surface area contributed by atoms with Gasteiger partial charge in [-0.1, -0.05) is 43.3 Å². The van der Waals surface area contributed by atoms with Crippen LogP contribution in [-0.2, 0) is 13.0 Å². The van der Waals surface area contributed by atoms with Gasteiger partial charge in [0, 0.05) is 17.8 Å². The van der Waals surface area contributed by atoms with Crippen LogP contribution < -0.4 is 15.4 Å². The number of hydrogen-bond donors (Lipinski definition) is 2. The van der Waals surface area contributed by atoms with Crippen molar-refractivity contribution < 1.29 is 4.74 Å². The topological polar surface area (TPSA) is 72.0 Å². The molecule has 0 atom stereocenters. The quantitative estimate of drug-likeness (QED) is 0.669. The van der Waals surface area contributed by atoms with Gasteiger partial charge in [0.25, 0.3) is 0 Å². The first-order valence-electron chi connectivity index (χ1n) is 8.62. The Kier molecular flexibility index (Phi) is 5.63. The van der Waals surface area contributed by atoms with Crippen molar-refractivity contribution >= 4 is 17.5 Å². The summed E-state index contributed by atoms with van der Waals surface area (Å²) in [6, 6.07) is 14.1. The minimum atomic E-state index is 0.471. The number of methoxy groups -OCH3 is 1. The molecule has 1 heterocycles. The number of benzene rings is 2. The number of aromatic nitrogens is 3. The van der Waals surface area contributed by atoms with Gasteiger partial charge in [-0.25, -0.2) is 0 Å². The van der Waals surface area contributed by atoms with Crippen molar-refractivity contribution in [2.24, 2.45) is 0 Å². The number of aryl methyl sites for hydroxylation is 2. The number of nitrogens with zero attached hydrogens (tertiary/aromatic N) is 3. The highest BCUT2D eigenvalue weighted by molar-refractivity contribution is 5.63. The van der Waals surface area contributed by atoms with Crippen molar-refractivity contribution in [2.75, 3.05) is 17.7 Å². The van der Waals surface area contributed by atoms with Gasteiger partial charge in [0.1, 0.15) is 5.75 Å². The standard InChI is InChI=1S/C20H23N5O/c1-4-15-10-7-8-14(2)19(15)24-20-23-18(13-22-25-20)21-12-16-9-5-6-11-17(16)26-3/h5-11,13H,4,12H2,1-3H3,(H2,21,23,24,25). The molecule has 0 saturated heterocycles. The van der Waals surface area contributed by atoms with Gasteiger partial charge < -0.3 is 15.4 Å². The van der Waals surface area contributed by atoms with Crippen LogP contribution in [0.5, 0.6) is 5.75 Å². The lowest BCUT2D eigenvalue weighted by atomic mass is 10.1. The fourth-order valence-electron chi connectivity index (χ4n) is 2.79. The van der Waals surface area contributed by atoms with E-state index in [0.29, 0.717) is 18.3 Å². The lowest BCUT2D eigenvalue weighted by Gasteiger charge is -2.13. The Morgan fingerprint density at radius 1 is 1.04 bits per heavy atom. The van der Waals surface area contributed by atoms with Gasteiger partial charge in [-0.05, 0) is 30.5 Å². The molecule has 0 spiro atoms. The summed E-state index contributed by atoms with van der Waals surface area (Å²) >= 11 is 0. The van der Waals surface area contributed by atoms with Gasteiger partial charge in [0.05, 0.1) is 13.3 Å². The van der Waals surface area contributed by atoms with E-state index in [2.05, 4.69) is 57.9 Å². The van der Waals surface area contributed by atoms with Crippen LogP contribution in [0.1, 0.15) is 23.6 Å². The Hall–Kier alpha value is -3.15. The maximum absolute atomic E-state index is 5.37. The second-order valence-corrected chi connectivity index (χ2v) is 5.92. The molecule has 134 valence electrons. The van der Waals surface area contributed by atoms with E-state index in [-0.39, 0.29) is 0 Å². The minimum Gasteiger partial charge on any atom is -0.496 e. The van der Waals surface area contributed by atoms with Crippen molar-refractivity contribution in [3.8, 4) is 5.75 Å². The summed E-state index contributed by atoms with van der Waals surface area (Å²) in [7, 11) is 1.67. The van der Waals surface area contributed by atoms with E-state index in [1.54, 1.807) is 13.3 Å². The van der Waals surface area contributed by atoms with Crippen LogP contribution in [0, 0.1) is 6.92 Å². The van der Waals surface area contributed by atoms with Crippen LogP contribution in [-0.4, -0.2) is 22.3 Å². The number of nitrogens with one attached hydrogen (secondary N) is 2. The molecule has 3 rings (SSSR count). The highest BCUT2D eigenvalue weighted by atomic mass is 16.5. The normalized spacial score (nSPS) is 10.4. The van der Waals surface area contributed by atoms with Crippen molar-refractivity contribution in [3.05, 3.63) is 65.4 Å². The Morgan fingerprint density at radius 3 is 2.65 bits per heavy atom. The molecule has 6 nitrogen and oxygen atoms in total.